The van der Waals surface area contributed by atoms with E-state index in [1.54, 1.807) is 0 Å². The Morgan fingerprint density at radius 3 is 2.33 bits per heavy atom. The van der Waals surface area contributed by atoms with E-state index >= 15 is 0 Å². The maximum atomic E-state index is 13.8. The van der Waals surface area contributed by atoms with Crippen molar-refractivity contribution in [2.24, 2.45) is 5.92 Å². The maximum absolute atomic E-state index is 13.8. The summed E-state index contributed by atoms with van der Waals surface area (Å²) in [6, 6.07) is 2.87. The lowest BCUT2D eigenvalue weighted by atomic mass is 10.1. The smallest absolute Gasteiger partial charge is 0.336 e. The van der Waals surface area contributed by atoms with Crippen molar-refractivity contribution in [3.8, 4) is 6.07 Å². The first-order valence-electron chi connectivity index (χ1n) is 9.45. The van der Waals surface area contributed by atoms with Gasteiger partial charge in [0, 0.05) is 5.02 Å². The molecule has 1 aromatic carbocycles. The van der Waals surface area contributed by atoms with Crippen molar-refractivity contribution in [3.05, 3.63) is 34.9 Å². The van der Waals surface area contributed by atoms with Crippen LogP contribution in [0.3, 0.4) is 0 Å². The first-order valence-corrected chi connectivity index (χ1v) is 11.6. The van der Waals surface area contributed by atoms with E-state index in [-0.39, 0.29) is 22.3 Å². The van der Waals surface area contributed by atoms with Gasteiger partial charge in [0.05, 0.1) is 17.6 Å². The van der Waals surface area contributed by atoms with Gasteiger partial charge in [0.2, 0.25) is 5.91 Å². The number of nitrogens with one attached hydrogen (secondary N) is 2. The third-order valence-corrected chi connectivity index (χ3v) is 7.22. The normalized spacial score (nSPS) is 20.1. The molecule has 0 bridgehead atoms. The molecule has 0 radical (unpaired) electrons. The van der Waals surface area contributed by atoms with Crippen LogP contribution in [-0.4, -0.2) is 43.6 Å². The minimum atomic E-state index is -4.79. The number of benzene rings is 1. The molecule has 1 amide bonds. The van der Waals surface area contributed by atoms with Gasteiger partial charge in [-0.3, -0.25) is 10.1 Å². The number of nitriles is 1. The van der Waals surface area contributed by atoms with Crippen molar-refractivity contribution in [2.75, 3.05) is 11.5 Å². The predicted molar refractivity (Wildman–Crippen MR) is 104 cm³/mol. The van der Waals surface area contributed by atoms with Gasteiger partial charge in [-0.15, -0.1) is 0 Å². The fraction of sp³-hybridized carbons (Fsp3) is 0.579. The van der Waals surface area contributed by atoms with Gasteiger partial charge in [-0.2, -0.15) is 18.4 Å². The second-order valence-electron chi connectivity index (χ2n) is 7.95. The Kier molecular flexibility index (Phi) is 6.37. The van der Waals surface area contributed by atoms with Crippen LogP contribution in [0.25, 0.3) is 0 Å². The first-order chi connectivity index (χ1) is 13.9. The molecule has 6 nitrogen and oxygen atoms in total. The van der Waals surface area contributed by atoms with Crippen molar-refractivity contribution in [3.63, 3.8) is 0 Å². The standard InChI is InChI=1S/C19H21ClF3N3O3S/c20-14-5-3-13(4-6-14)16(19(21,22)23)25-15(10-30(28,29)9-12-1-2-12)17(27)26-18(11-24)7-8-18/h3-6,12,15-16,25H,1-2,7-10H2,(H,26,27)/t15?,16-/m1/s1. The van der Waals surface area contributed by atoms with E-state index in [2.05, 4.69) is 10.6 Å². The van der Waals surface area contributed by atoms with E-state index in [4.69, 9.17) is 16.9 Å². The summed E-state index contributed by atoms with van der Waals surface area (Å²) in [7, 11) is -3.78. The zero-order valence-corrected chi connectivity index (χ0v) is 17.4. The number of hydrogen-bond acceptors (Lipinski definition) is 5. The minimum absolute atomic E-state index is 0.0118. The number of carbonyl (C=O) groups excluding carboxylic acids is 1. The molecule has 2 saturated carbocycles. The summed E-state index contributed by atoms with van der Waals surface area (Å²) in [5.74, 6) is -1.89. The zero-order valence-electron chi connectivity index (χ0n) is 15.9. The van der Waals surface area contributed by atoms with Crippen molar-refractivity contribution >= 4 is 27.3 Å². The third-order valence-electron chi connectivity index (χ3n) is 5.15. The summed E-state index contributed by atoms with van der Waals surface area (Å²) in [4.78, 5) is 12.7. The fourth-order valence-corrected chi connectivity index (χ4v) is 5.18. The van der Waals surface area contributed by atoms with Gasteiger partial charge in [0.1, 0.15) is 17.6 Å². The maximum Gasteiger partial charge on any atom is 0.407 e. The SMILES string of the molecule is N#CC1(NC(=O)C(CS(=O)(=O)CC2CC2)N[C@H](c2ccc(Cl)cc2)C(F)(F)F)CC1. The molecular weight excluding hydrogens is 443 g/mol. The number of halogens is 4. The average Bonchev–Trinajstić information content (AvgIpc) is 3.56. The second-order valence-corrected chi connectivity index (χ2v) is 10.5. The van der Waals surface area contributed by atoms with Crippen molar-refractivity contribution in [1.82, 2.24) is 10.6 Å². The molecule has 0 heterocycles. The van der Waals surface area contributed by atoms with Gasteiger partial charge in [0.25, 0.3) is 0 Å². The van der Waals surface area contributed by atoms with E-state index in [9.17, 15) is 26.4 Å². The molecule has 2 N–H and O–H groups in total. The number of sulfone groups is 1. The summed E-state index contributed by atoms with van der Waals surface area (Å²) in [5, 5.41) is 14.0. The summed E-state index contributed by atoms with van der Waals surface area (Å²) < 4.78 is 66.3. The Balaban J connectivity index is 1.85. The van der Waals surface area contributed by atoms with E-state index in [0.717, 1.165) is 12.8 Å². The molecule has 0 aliphatic heterocycles. The highest BCUT2D eigenvalue weighted by atomic mass is 35.5. The monoisotopic (exact) mass is 463 g/mol. The van der Waals surface area contributed by atoms with Gasteiger partial charge in [0.15, 0.2) is 9.84 Å². The highest BCUT2D eigenvalue weighted by molar-refractivity contribution is 7.91. The Morgan fingerprint density at radius 2 is 1.87 bits per heavy atom. The van der Waals surface area contributed by atoms with E-state index in [1.807, 2.05) is 6.07 Å². The number of carbonyl (C=O) groups is 1. The van der Waals surface area contributed by atoms with Gasteiger partial charge >= 0.3 is 6.18 Å². The molecule has 30 heavy (non-hydrogen) atoms. The quantitative estimate of drug-likeness (QED) is 0.586. The molecular formula is C19H21ClF3N3O3S. The van der Waals surface area contributed by atoms with E-state index in [0.29, 0.717) is 12.8 Å². The summed E-state index contributed by atoms with van der Waals surface area (Å²) in [6.07, 6.45) is -2.56. The van der Waals surface area contributed by atoms with Crippen LogP contribution in [-0.2, 0) is 14.6 Å². The molecule has 0 saturated heterocycles. The van der Waals surface area contributed by atoms with Crippen molar-refractivity contribution < 1.29 is 26.4 Å². The first kappa shape index (κ1) is 22.8. The molecule has 2 fully saturated rings. The number of amides is 1. The van der Waals surface area contributed by atoms with Gasteiger partial charge in [-0.25, -0.2) is 8.42 Å². The van der Waals surface area contributed by atoms with Crippen LogP contribution in [0.2, 0.25) is 5.02 Å². The Hall–Kier alpha value is -1.83. The van der Waals surface area contributed by atoms with Crippen molar-refractivity contribution in [2.45, 2.75) is 49.5 Å². The third kappa shape index (κ3) is 6.09. The minimum Gasteiger partial charge on any atom is -0.336 e. The lowest BCUT2D eigenvalue weighted by Crippen LogP contribution is -2.54. The Morgan fingerprint density at radius 1 is 1.27 bits per heavy atom. The number of hydrogen-bond donors (Lipinski definition) is 2. The highest BCUT2D eigenvalue weighted by Crippen LogP contribution is 2.36. The summed E-state index contributed by atoms with van der Waals surface area (Å²) in [5.41, 5.74) is -1.34. The number of nitrogens with zero attached hydrogens (tertiary/aromatic N) is 1. The van der Waals surface area contributed by atoms with Crippen LogP contribution in [0.5, 0.6) is 0 Å². The molecule has 2 atom stereocenters. The highest BCUT2D eigenvalue weighted by Gasteiger charge is 2.48. The molecule has 11 heteroatoms. The molecule has 164 valence electrons. The van der Waals surface area contributed by atoms with Crippen LogP contribution in [0.4, 0.5) is 13.2 Å². The van der Waals surface area contributed by atoms with Gasteiger partial charge in [-0.1, -0.05) is 23.7 Å². The van der Waals surface area contributed by atoms with Gasteiger partial charge < -0.3 is 5.32 Å². The van der Waals surface area contributed by atoms with Crippen LogP contribution in [0.1, 0.15) is 37.3 Å². The zero-order chi connectivity index (χ0) is 22.2. The Labute approximate surface area is 177 Å². The Bertz CT molecular complexity index is 937. The average molecular weight is 464 g/mol. The second kappa shape index (κ2) is 8.36. The molecule has 0 spiro atoms. The van der Waals surface area contributed by atoms with Crippen LogP contribution in [0.15, 0.2) is 24.3 Å². The molecule has 3 rings (SSSR count). The molecule has 1 unspecified atom stereocenters. The van der Waals surface area contributed by atoms with E-state index in [1.165, 1.54) is 24.3 Å². The van der Waals surface area contributed by atoms with Crippen LogP contribution in [0, 0.1) is 17.2 Å². The molecule has 2 aliphatic rings. The predicted octanol–water partition coefficient (Wildman–Crippen LogP) is 2.90. The van der Waals surface area contributed by atoms with E-state index < -0.39 is 45.3 Å². The largest absolute Gasteiger partial charge is 0.407 e. The summed E-state index contributed by atoms with van der Waals surface area (Å²) in [6.45, 7) is 0. The fourth-order valence-electron chi connectivity index (χ4n) is 3.11. The molecule has 1 aromatic rings. The lowest BCUT2D eigenvalue weighted by molar-refractivity contribution is -0.160. The van der Waals surface area contributed by atoms with Crippen molar-refractivity contribution in [1.29, 1.82) is 5.26 Å². The number of rotatable bonds is 9. The van der Waals surface area contributed by atoms with Gasteiger partial charge in [-0.05, 0) is 49.3 Å². The lowest BCUT2D eigenvalue weighted by Gasteiger charge is -2.28. The summed E-state index contributed by atoms with van der Waals surface area (Å²) >= 11 is 5.75. The van der Waals surface area contributed by atoms with Crippen LogP contribution >= 0.6 is 11.6 Å². The molecule has 2 aliphatic carbocycles. The topological polar surface area (TPSA) is 99.1 Å². The molecule has 0 aromatic heterocycles. The number of alkyl halides is 3. The van der Waals surface area contributed by atoms with Crippen LogP contribution < -0.4 is 10.6 Å².